The predicted molar refractivity (Wildman–Crippen MR) is 91.5 cm³/mol. The summed E-state index contributed by atoms with van der Waals surface area (Å²) in [7, 11) is 1.68. The van der Waals surface area contributed by atoms with Gasteiger partial charge in [-0.2, -0.15) is 0 Å². The van der Waals surface area contributed by atoms with Gasteiger partial charge in [-0.15, -0.1) is 0 Å². The van der Waals surface area contributed by atoms with Crippen molar-refractivity contribution in [3.8, 4) is 0 Å². The molecule has 2 rings (SSSR count). The Labute approximate surface area is 140 Å². The van der Waals surface area contributed by atoms with Gasteiger partial charge in [0.15, 0.2) is 5.90 Å². The number of aliphatic imine (C=N–C) groups is 1. The van der Waals surface area contributed by atoms with Gasteiger partial charge in [0.05, 0.1) is 13.0 Å². The van der Waals surface area contributed by atoms with Crippen molar-refractivity contribution in [3.05, 3.63) is 0 Å². The summed E-state index contributed by atoms with van der Waals surface area (Å²) in [5.41, 5.74) is -0.679. The van der Waals surface area contributed by atoms with Crippen LogP contribution in [0.25, 0.3) is 0 Å². The zero-order chi connectivity index (χ0) is 17.4. The highest BCUT2D eigenvalue weighted by molar-refractivity contribution is 5.82. The molecule has 0 bridgehead atoms. The second-order valence-corrected chi connectivity index (χ2v) is 8.92. The average Bonchev–Trinajstić information content (AvgIpc) is 3.18. The summed E-state index contributed by atoms with van der Waals surface area (Å²) in [5.74, 6) is 1.72. The van der Waals surface area contributed by atoms with E-state index in [-0.39, 0.29) is 23.6 Å². The smallest absolute Gasteiger partial charge is 0.412 e. The van der Waals surface area contributed by atoms with Crippen LogP contribution in [-0.4, -0.2) is 42.3 Å². The first kappa shape index (κ1) is 18.1. The molecule has 1 amide bonds. The van der Waals surface area contributed by atoms with Crippen LogP contribution >= 0.6 is 0 Å². The molecule has 1 aliphatic heterocycles. The van der Waals surface area contributed by atoms with Crippen molar-refractivity contribution in [1.29, 1.82) is 0 Å². The molecule has 132 valence electrons. The maximum atomic E-state index is 12.7. The molecule has 0 N–H and O–H groups in total. The van der Waals surface area contributed by atoms with Gasteiger partial charge in [0.1, 0.15) is 11.8 Å². The molecule has 1 saturated carbocycles. The Kier molecular flexibility index (Phi) is 4.97. The highest BCUT2D eigenvalue weighted by Crippen LogP contribution is 2.39. The largest absolute Gasteiger partial charge is 0.484 e. The SMILES string of the molecule is COC1=N[C@H](C(C)(C)C)N(C(=O)OC(C)(C)C)C[C@H]1CC1CC1. The monoisotopic (exact) mass is 324 g/mol. The molecule has 1 aliphatic carbocycles. The standard InChI is InChI=1S/C18H32N2O3/c1-17(2,3)15-19-14(22-7)13(10-12-8-9-12)11-20(15)16(21)23-18(4,5)6/h12-13,15H,8-11H2,1-7H3/t13-,15+/m1/s1. The highest BCUT2D eigenvalue weighted by atomic mass is 16.6. The van der Waals surface area contributed by atoms with E-state index in [0.29, 0.717) is 6.54 Å². The molecule has 0 aromatic heterocycles. The Morgan fingerprint density at radius 1 is 1.22 bits per heavy atom. The third kappa shape index (κ3) is 4.85. The number of nitrogens with zero attached hydrogens (tertiary/aromatic N) is 2. The van der Waals surface area contributed by atoms with Crippen LogP contribution in [0.1, 0.15) is 60.8 Å². The van der Waals surface area contributed by atoms with Crippen LogP contribution < -0.4 is 0 Å². The van der Waals surface area contributed by atoms with Gasteiger partial charge < -0.3 is 9.47 Å². The molecule has 2 aliphatic rings. The van der Waals surface area contributed by atoms with Crippen molar-refractivity contribution in [1.82, 2.24) is 4.90 Å². The van der Waals surface area contributed by atoms with Gasteiger partial charge in [0.2, 0.25) is 0 Å². The summed E-state index contributed by atoms with van der Waals surface area (Å²) < 4.78 is 11.2. The molecule has 0 aromatic carbocycles. The number of hydrogen-bond acceptors (Lipinski definition) is 4. The van der Waals surface area contributed by atoms with Crippen LogP contribution in [0, 0.1) is 17.3 Å². The van der Waals surface area contributed by atoms with Crippen LogP contribution in [0.3, 0.4) is 0 Å². The zero-order valence-corrected chi connectivity index (χ0v) is 15.7. The van der Waals surface area contributed by atoms with Crippen LogP contribution in [0.5, 0.6) is 0 Å². The minimum atomic E-state index is -0.503. The van der Waals surface area contributed by atoms with Gasteiger partial charge >= 0.3 is 6.09 Å². The number of amides is 1. The Balaban J connectivity index is 2.25. The topological polar surface area (TPSA) is 51.1 Å². The molecule has 0 spiro atoms. The second kappa shape index (κ2) is 6.33. The lowest BCUT2D eigenvalue weighted by Crippen LogP contribution is -2.54. The second-order valence-electron chi connectivity index (χ2n) is 8.92. The Morgan fingerprint density at radius 3 is 2.26 bits per heavy atom. The molecule has 0 saturated heterocycles. The summed E-state index contributed by atoms with van der Waals surface area (Å²) in [6.45, 7) is 12.6. The van der Waals surface area contributed by atoms with Crippen LogP contribution in [0.4, 0.5) is 4.79 Å². The molecule has 1 heterocycles. The number of ether oxygens (including phenoxy) is 2. The van der Waals surface area contributed by atoms with Gasteiger partial charge in [-0.25, -0.2) is 9.79 Å². The molecule has 0 unspecified atom stereocenters. The maximum absolute atomic E-state index is 12.7. The molecule has 2 atom stereocenters. The molecule has 5 nitrogen and oxygen atoms in total. The van der Waals surface area contributed by atoms with Gasteiger partial charge in [0.25, 0.3) is 0 Å². The van der Waals surface area contributed by atoms with E-state index in [1.165, 1.54) is 12.8 Å². The third-order valence-corrected chi connectivity index (χ3v) is 4.24. The molecule has 5 heteroatoms. The highest BCUT2D eigenvalue weighted by Gasteiger charge is 2.43. The number of rotatable bonds is 2. The molecular weight excluding hydrogens is 292 g/mol. The third-order valence-electron chi connectivity index (χ3n) is 4.24. The summed E-state index contributed by atoms with van der Waals surface area (Å²) >= 11 is 0. The van der Waals surface area contributed by atoms with Crippen LogP contribution in [0.2, 0.25) is 0 Å². The normalized spacial score (nSPS) is 25.9. The number of hydrogen-bond donors (Lipinski definition) is 0. The van der Waals surface area contributed by atoms with E-state index in [2.05, 4.69) is 20.8 Å². The minimum absolute atomic E-state index is 0.175. The Morgan fingerprint density at radius 2 is 1.83 bits per heavy atom. The van der Waals surface area contributed by atoms with Crippen molar-refractivity contribution in [2.24, 2.45) is 22.2 Å². The van der Waals surface area contributed by atoms with E-state index < -0.39 is 5.60 Å². The fourth-order valence-electron chi connectivity index (χ4n) is 3.02. The fraction of sp³-hybridized carbons (Fsp3) is 0.889. The zero-order valence-electron chi connectivity index (χ0n) is 15.7. The van der Waals surface area contributed by atoms with Crippen LogP contribution in [-0.2, 0) is 9.47 Å². The summed E-state index contributed by atoms with van der Waals surface area (Å²) in [4.78, 5) is 19.3. The lowest BCUT2D eigenvalue weighted by molar-refractivity contribution is -0.00389. The maximum Gasteiger partial charge on any atom is 0.412 e. The van der Waals surface area contributed by atoms with E-state index in [1.807, 2.05) is 20.8 Å². The van der Waals surface area contributed by atoms with Crippen molar-refractivity contribution in [2.75, 3.05) is 13.7 Å². The van der Waals surface area contributed by atoms with Gasteiger partial charge in [-0.05, 0) is 33.1 Å². The molecule has 23 heavy (non-hydrogen) atoms. The average molecular weight is 324 g/mol. The van der Waals surface area contributed by atoms with Crippen molar-refractivity contribution in [3.63, 3.8) is 0 Å². The molecule has 0 radical (unpaired) electrons. The first-order valence-corrected chi connectivity index (χ1v) is 8.62. The van der Waals surface area contributed by atoms with Crippen molar-refractivity contribution >= 4 is 12.0 Å². The van der Waals surface area contributed by atoms with Gasteiger partial charge in [0, 0.05) is 12.0 Å². The first-order chi connectivity index (χ1) is 10.5. The van der Waals surface area contributed by atoms with E-state index in [0.717, 1.165) is 18.2 Å². The number of carbonyl (C=O) groups is 1. The molecule has 1 fully saturated rings. The van der Waals surface area contributed by atoms with Crippen LogP contribution in [0.15, 0.2) is 4.99 Å². The van der Waals surface area contributed by atoms with Crippen molar-refractivity contribution in [2.45, 2.75) is 72.6 Å². The van der Waals surface area contributed by atoms with Crippen molar-refractivity contribution < 1.29 is 14.3 Å². The van der Waals surface area contributed by atoms with E-state index in [9.17, 15) is 4.79 Å². The summed E-state index contributed by atoms with van der Waals surface area (Å²) in [6.07, 6.45) is 3.06. The predicted octanol–water partition coefficient (Wildman–Crippen LogP) is 4.07. The molecule has 0 aromatic rings. The summed E-state index contributed by atoms with van der Waals surface area (Å²) in [5, 5.41) is 0. The van der Waals surface area contributed by atoms with E-state index in [1.54, 1.807) is 12.0 Å². The van der Waals surface area contributed by atoms with Gasteiger partial charge in [-0.1, -0.05) is 33.6 Å². The Hall–Kier alpha value is -1.26. The van der Waals surface area contributed by atoms with E-state index in [4.69, 9.17) is 14.5 Å². The van der Waals surface area contributed by atoms with Gasteiger partial charge in [-0.3, -0.25) is 4.90 Å². The first-order valence-electron chi connectivity index (χ1n) is 8.62. The minimum Gasteiger partial charge on any atom is -0.484 e. The fourth-order valence-corrected chi connectivity index (χ4v) is 3.02. The number of methoxy groups -OCH3 is 1. The lowest BCUT2D eigenvalue weighted by Gasteiger charge is -2.43. The number of carbonyl (C=O) groups excluding carboxylic acids is 1. The van der Waals surface area contributed by atoms with E-state index >= 15 is 0 Å². The molecular formula is C18H32N2O3. The lowest BCUT2D eigenvalue weighted by atomic mass is 9.88. The Bertz CT molecular complexity index is 470. The quantitative estimate of drug-likeness (QED) is 0.769. The summed E-state index contributed by atoms with van der Waals surface area (Å²) in [6, 6.07) is 0.